The molecule has 1 unspecified atom stereocenters. The predicted octanol–water partition coefficient (Wildman–Crippen LogP) is 0.431. The first kappa shape index (κ1) is 11.5. The summed E-state index contributed by atoms with van der Waals surface area (Å²) in [6, 6.07) is 3.52. The number of sulfone groups is 1. The molecule has 1 atom stereocenters. The van der Waals surface area contributed by atoms with Gasteiger partial charge in [-0.25, -0.2) is 17.9 Å². The highest BCUT2D eigenvalue weighted by Gasteiger charge is 2.32. The molecule has 96 valence electrons. The Bertz CT molecular complexity index is 692. The van der Waals surface area contributed by atoms with E-state index in [2.05, 4.69) is 10.1 Å². The SMILES string of the molecule is Nc1ccc2nc(CC3CCCS3(=O)=O)nn2c1. The lowest BCUT2D eigenvalue weighted by Gasteiger charge is -2.04. The van der Waals surface area contributed by atoms with Gasteiger partial charge in [0.2, 0.25) is 0 Å². The molecule has 0 saturated carbocycles. The molecule has 18 heavy (non-hydrogen) atoms. The molecule has 2 N–H and O–H groups in total. The number of hydrogen-bond donors (Lipinski definition) is 1. The van der Waals surface area contributed by atoms with E-state index in [9.17, 15) is 8.42 Å². The van der Waals surface area contributed by atoms with Crippen molar-refractivity contribution in [3.63, 3.8) is 0 Å². The van der Waals surface area contributed by atoms with Crippen LogP contribution in [0.4, 0.5) is 5.69 Å². The van der Waals surface area contributed by atoms with Crippen LogP contribution in [0.3, 0.4) is 0 Å². The molecule has 0 amide bonds. The molecule has 0 radical (unpaired) electrons. The summed E-state index contributed by atoms with van der Waals surface area (Å²) in [5, 5.41) is 3.94. The normalized spacial score (nSPS) is 22.6. The topological polar surface area (TPSA) is 90.3 Å². The number of anilines is 1. The summed E-state index contributed by atoms with van der Waals surface area (Å²) in [4.78, 5) is 4.31. The van der Waals surface area contributed by atoms with E-state index in [0.717, 1.165) is 6.42 Å². The fourth-order valence-corrected chi connectivity index (χ4v) is 4.15. The number of nitrogens with two attached hydrogens (primary N) is 1. The Balaban J connectivity index is 1.91. The van der Waals surface area contributed by atoms with Crippen LogP contribution in [-0.4, -0.2) is 34.0 Å². The molecule has 7 heteroatoms. The second kappa shape index (κ2) is 3.94. The predicted molar refractivity (Wildman–Crippen MR) is 67.9 cm³/mol. The summed E-state index contributed by atoms with van der Waals surface area (Å²) in [6.07, 6.45) is 3.52. The van der Waals surface area contributed by atoms with Gasteiger partial charge >= 0.3 is 0 Å². The van der Waals surface area contributed by atoms with Crippen molar-refractivity contribution in [3.05, 3.63) is 24.2 Å². The third-order valence-corrected chi connectivity index (χ3v) is 5.55. The van der Waals surface area contributed by atoms with Crippen LogP contribution in [0.1, 0.15) is 18.7 Å². The summed E-state index contributed by atoms with van der Waals surface area (Å²) in [7, 11) is -2.94. The van der Waals surface area contributed by atoms with Gasteiger partial charge in [-0.3, -0.25) is 0 Å². The van der Waals surface area contributed by atoms with E-state index in [4.69, 9.17) is 5.73 Å². The Morgan fingerprint density at radius 1 is 1.44 bits per heavy atom. The van der Waals surface area contributed by atoms with Gasteiger partial charge in [0, 0.05) is 6.42 Å². The summed E-state index contributed by atoms with van der Waals surface area (Å²) >= 11 is 0. The molecule has 2 aromatic rings. The molecular weight excluding hydrogens is 252 g/mol. The van der Waals surface area contributed by atoms with Crippen molar-refractivity contribution in [3.8, 4) is 0 Å². The fourth-order valence-electron chi connectivity index (χ4n) is 2.32. The average Bonchev–Trinajstić information content (AvgIpc) is 2.82. The number of hydrogen-bond acceptors (Lipinski definition) is 5. The minimum absolute atomic E-state index is 0.290. The quantitative estimate of drug-likeness (QED) is 0.851. The van der Waals surface area contributed by atoms with Crippen LogP contribution in [0.25, 0.3) is 5.65 Å². The fraction of sp³-hybridized carbons (Fsp3) is 0.455. The number of rotatable bonds is 2. The third-order valence-electron chi connectivity index (χ3n) is 3.27. The Labute approximate surface area is 105 Å². The third kappa shape index (κ3) is 1.94. The average molecular weight is 266 g/mol. The van der Waals surface area contributed by atoms with Crippen molar-refractivity contribution in [1.29, 1.82) is 0 Å². The molecule has 6 nitrogen and oxygen atoms in total. The van der Waals surface area contributed by atoms with Crippen molar-refractivity contribution in [1.82, 2.24) is 14.6 Å². The van der Waals surface area contributed by atoms with Crippen molar-refractivity contribution in [2.24, 2.45) is 0 Å². The number of nitrogen functional groups attached to an aromatic ring is 1. The lowest BCUT2D eigenvalue weighted by Crippen LogP contribution is -2.19. The Hall–Kier alpha value is -1.63. The monoisotopic (exact) mass is 266 g/mol. The van der Waals surface area contributed by atoms with E-state index in [1.807, 2.05) is 0 Å². The van der Waals surface area contributed by atoms with Crippen LogP contribution in [0.5, 0.6) is 0 Å². The summed E-state index contributed by atoms with van der Waals surface area (Å²) < 4.78 is 25.1. The molecule has 3 rings (SSSR count). The summed E-state index contributed by atoms with van der Waals surface area (Å²) in [5.74, 6) is 0.855. The van der Waals surface area contributed by atoms with Crippen LogP contribution < -0.4 is 5.73 Å². The largest absolute Gasteiger partial charge is 0.397 e. The highest BCUT2D eigenvalue weighted by Crippen LogP contribution is 2.22. The van der Waals surface area contributed by atoms with E-state index in [0.29, 0.717) is 30.0 Å². The van der Waals surface area contributed by atoms with E-state index >= 15 is 0 Å². The van der Waals surface area contributed by atoms with Crippen LogP contribution in [0.15, 0.2) is 18.3 Å². The Morgan fingerprint density at radius 3 is 3.00 bits per heavy atom. The van der Waals surface area contributed by atoms with Gasteiger partial charge in [-0.05, 0) is 25.0 Å². The van der Waals surface area contributed by atoms with Crippen molar-refractivity contribution >= 4 is 21.2 Å². The number of nitrogens with zero attached hydrogens (tertiary/aromatic N) is 3. The van der Waals surface area contributed by atoms with E-state index in [1.54, 1.807) is 22.8 Å². The molecule has 0 spiro atoms. The zero-order valence-corrected chi connectivity index (χ0v) is 10.6. The highest BCUT2D eigenvalue weighted by atomic mass is 32.2. The molecule has 1 aliphatic heterocycles. The van der Waals surface area contributed by atoms with Gasteiger partial charge in [0.05, 0.1) is 22.9 Å². The number of aromatic nitrogens is 3. The van der Waals surface area contributed by atoms with Crippen molar-refractivity contribution in [2.45, 2.75) is 24.5 Å². The minimum atomic E-state index is -2.94. The van der Waals surface area contributed by atoms with Gasteiger partial charge in [0.1, 0.15) is 0 Å². The Kier molecular flexibility index (Phi) is 2.51. The van der Waals surface area contributed by atoms with Gasteiger partial charge in [-0.15, -0.1) is 0 Å². The van der Waals surface area contributed by atoms with Crippen LogP contribution in [0, 0.1) is 0 Å². The zero-order valence-electron chi connectivity index (χ0n) is 9.78. The first-order valence-corrected chi connectivity index (χ1v) is 7.58. The van der Waals surface area contributed by atoms with E-state index in [1.165, 1.54) is 0 Å². The second-order valence-corrected chi connectivity index (χ2v) is 7.03. The second-order valence-electron chi connectivity index (χ2n) is 4.63. The molecule has 0 aliphatic carbocycles. The molecule has 1 saturated heterocycles. The van der Waals surface area contributed by atoms with E-state index < -0.39 is 9.84 Å². The lowest BCUT2D eigenvalue weighted by atomic mass is 10.2. The maximum Gasteiger partial charge on any atom is 0.155 e. The number of fused-ring (bicyclic) bond motifs is 1. The minimum Gasteiger partial charge on any atom is -0.397 e. The van der Waals surface area contributed by atoms with Gasteiger partial charge in [0.15, 0.2) is 21.3 Å². The summed E-state index contributed by atoms with van der Waals surface area (Å²) in [5.41, 5.74) is 6.95. The lowest BCUT2D eigenvalue weighted by molar-refractivity contribution is 0.586. The first-order valence-electron chi connectivity index (χ1n) is 5.87. The zero-order chi connectivity index (χ0) is 12.8. The number of pyridine rings is 1. The molecule has 1 aliphatic rings. The van der Waals surface area contributed by atoms with Crippen molar-refractivity contribution < 1.29 is 8.42 Å². The maximum atomic E-state index is 11.8. The van der Waals surface area contributed by atoms with Crippen LogP contribution >= 0.6 is 0 Å². The van der Waals surface area contributed by atoms with E-state index in [-0.39, 0.29) is 11.0 Å². The van der Waals surface area contributed by atoms with Gasteiger partial charge in [0.25, 0.3) is 0 Å². The Morgan fingerprint density at radius 2 is 2.28 bits per heavy atom. The van der Waals surface area contributed by atoms with Crippen LogP contribution in [-0.2, 0) is 16.3 Å². The van der Waals surface area contributed by atoms with Gasteiger partial charge < -0.3 is 5.73 Å². The van der Waals surface area contributed by atoms with Crippen LogP contribution in [0.2, 0.25) is 0 Å². The first-order chi connectivity index (χ1) is 8.54. The maximum absolute atomic E-state index is 11.8. The molecule has 2 aromatic heterocycles. The smallest absolute Gasteiger partial charge is 0.155 e. The molecule has 0 aromatic carbocycles. The molecule has 3 heterocycles. The van der Waals surface area contributed by atoms with Crippen molar-refractivity contribution in [2.75, 3.05) is 11.5 Å². The molecule has 0 bridgehead atoms. The summed E-state index contributed by atoms with van der Waals surface area (Å²) in [6.45, 7) is 0. The highest BCUT2D eigenvalue weighted by molar-refractivity contribution is 7.92. The standard InChI is InChI=1S/C11H14N4O2S/c12-8-3-4-11-13-10(14-15(11)7-8)6-9-2-1-5-18(9,16)17/h3-4,7,9H,1-2,5-6,12H2. The molecular formula is C11H14N4O2S. The van der Waals surface area contributed by atoms with Gasteiger partial charge in [-0.2, -0.15) is 5.10 Å². The molecule has 1 fully saturated rings. The van der Waals surface area contributed by atoms with Gasteiger partial charge in [-0.1, -0.05) is 0 Å².